The fraction of sp³-hybridized carbons (Fsp3) is 0.375. The third-order valence-electron chi connectivity index (χ3n) is 2.45. The van der Waals surface area contributed by atoms with E-state index in [0.717, 1.165) is 0 Å². The Kier molecular flexibility index (Phi) is 6.50. The standard InChI is InChI=1S/C16H20O4/c1-4-5-10-19-15(17)13-6-8-14(9-7-13)16(18)20-11-12(2)3/h4-9,12H,10-11H2,1-3H3/b5-4+. The van der Waals surface area contributed by atoms with Crippen LogP contribution in [0.3, 0.4) is 0 Å². The van der Waals surface area contributed by atoms with Gasteiger partial charge in [-0.1, -0.05) is 26.0 Å². The van der Waals surface area contributed by atoms with Crippen molar-refractivity contribution in [2.45, 2.75) is 20.8 Å². The first kappa shape index (κ1) is 16.0. The van der Waals surface area contributed by atoms with Gasteiger partial charge in [-0.25, -0.2) is 9.59 Å². The minimum atomic E-state index is -0.412. The monoisotopic (exact) mass is 276 g/mol. The number of ether oxygens (including phenoxy) is 2. The zero-order valence-corrected chi connectivity index (χ0v) is 12.1. The second-order valence-corrected chi connectivity index (χ2v) is 4.74. The van der Waals surface area contributed by atoms with Gasteiger partial charge in [-0.3, -0.25) is 0 Å². The van der Waals surface area contributed by atoms with Crippen LogP contribution in [0.4, 0.5) is 0 Å². The molecular weight excluding hydrogens is 256 g/mol. The lowest BCUT2D eigenvalue weighted by Crippen LogP contribution is -2.11. The molecule has 0 amide bonds. The van der Waals surface area contributed by atoms with Crippen LogP contribution in [0.2, 0.25) is 0 Å². The van der Waals surface area contributed by atoms with Crippen molar-refractivity contribution in [2.24, 2.45) is 5.92 Å². The summed E-state index contributed by atoms with van der Waals surface area (Å²) < 4.78 is 10.1. The quantitative estimate of drug-likeness (QED) is 0.591. The Morgan fingerprint density at radius 3 is 2.00 bits per heavy atom. The van der Waals surface area contributed by atoms with E-state index in [4.69, 9.17) is 9.47 Å². The van der Waals surface area contributed by atoms with Crippen LogP contribution in [0.25, 0.3) is 0 Å². The predicted octanol–water partition coefficient (Wildman–Crippen LogP) is 3.23. The first-order valence-electron chi connectivity index (χ1n) is 6.60. The van der Waals surface area contributed by atoms with Crippen LogP contribution in [0, 0.1) is 5.92 Å². The van der Waals surface area contributed by atoms with E-state index < -0.39 is 5.97 Å². The molecule has 0 N–H and O–H groups in total. The summed E-state index contributed by atoms with van der Waals surface area (Å²) in [7, 11) is 0. The van der Waals surface area contributed by atoms with Gasteiger partial charge in [-0.05, 0) is 37.1 Å². The molecule has 0 saturated carbocycles. The summed E-state index contributed by atoms with van der Waals surface area (Å²) >= 11 is 0. The minimum absolute atomic E-state index is 0.244. The Hall–Kier alpha value is -2.10. The van der Waals surface area contributed by atoms with E-state index in [9.17, 15) is 9.59 Å². The number of hydrogen-bond acceptors (Lipinski definition) is 4. The van der Waals surface area contributed by atoms with Crippen molar-refractivity contribution in [1.82, 2.24) is 0 Å². The van der Waals surface area contributed by atoms with Crippen molar-refractivity contribution in [3.63, 3.8) is 0 Å². The molecule has 0 fully saturated rings. The van der Waals surface area contributed by atoms with E-state index >= 15 is 0 Å². The van der Waals surface area contributed by atoms with Gasteiger partial charge >= 0.3 is 11.9 Å². The van der Waals surface area contributed by atoms with Crippen LogP contribution in [-0.2, 0) is 9.47 Å². The fourth-order valence-corrected chi connectivity index (χ4v) is 1.37. The Bertz CT molecular complexity index is 472. The molecule has 108 valence electrons. The molecule has 0 unspecified atom stereocenters. The maximum absolute atomic E-state index is 11.7. The van der Waals surface area contributed by atoms with Crippen molar-refractivity contribution in [2.75, 3.05) is 13.2 Å². The van der Waals surface area contributed by atoms with E-state index in [1.54, 1.807) is 36.4 Å². The van der Waals surface area contributed by atoms with Crippen LogP contribution < -0.4 is 0 Å². The van der Waals surface area contributed by atoms with Gasteiger partial charge < -0.3 is 9.47 Å². The maximum atomic E-state index is 11.7. The van der Waals surface area contributed by atoms with Gasteiger partial charge in [0.05, 0.1) is 17.7 Å². The highest BCUT2D eigenvalue weighted by atomic mass is 16.5. The summed E-state index contributed by atoms with van der Waals surface area (Å²) in [5.74, 6) is -0.502. The van der Waals surface area contributed by atoms with E-state index in [2.05, 4.69) is 0 Å². The van der Waals surface area contributed by atoms with E-state index in [1.165, 1.54) is 0 Å². The molecular formula is C16H20O4. The number of rotatable bonds is 6. The lowest BCUT2D eigenvalue weighted by Gasteiger charge is -2.07. The van der Waals surface area contributed by atoms with Gasteiger partial charge in [0, 0.05) is 0 Å². The number of carbonyl (C=O) groups is 2. The molecule has 20 heavy (non-hydrogen) atoms. The van der Waals surface area contributed by atoms with Gasteiger partial charge in [0.2, 0.25) is 0 Å². The molecule has 0 spiro atoms. The summed E-state index contributed by atoms with van der Waals surface area (Å²) in [6.07, 6.45) is 3.55. The van der Waals surface area contributed by atoms with Crippen molar-refractivity contribution < 1.29 is 19.1 Å². The number of hydrogen-bond donors (Lipinski definition) is 0. The van der Waals surface area contributed by atoms with Crippen molar-refractivity contribution in [1.29, 1.82) is 0 Å². The van der Waals surface area contributed by atoms with Crippen LogP contribution >= 0.6 is 0 Å². The third kappa shape index (κ3) is 5.26. The Balaban J connectivity index is 2.59. The molecule has 0 aliphatic carbocycles. The smallest absolute Gasteiger partial charge is 0.338 e. The van der Waals surface area contributed by atoms with Gasteiger partial charge in [0.15, 0.2) is 0 Å². The topological polar surface area (TPSA) is 52.6 Å². The van der Waals surface area contributed by atoms with Crippen LogP contribution in [0.1, 0.15) is 41.5 Å². The lowest BCUT2D eigenvalue weighted by atomic mass is 10.1. The van der Waals surface area contributed by atoms with Crippen molar-refractivity contribution in [3.05, 3.63) is 47.5 Å². The van der Waals surface area contributed by atoms with Gasteiger partial charge in [-0.15, -0.1) is 0 Å². The second kappa shape index (κ2) is 8.15. The molecule has 0 radical (unpaired) electrons. The molecule has 0 aliphatic rings. The molecule has 0 aliphatic heterocycles. The van der Waals surface area contributed by atoms with Crippen LogP contribution in [0.15, 0.2) is 36.4 Å². The minimum Gasteiger partial charge on any atom is -0.462 e. The molecule has 4 heteroatoms. The van der Waals surface area contributed by atoms with E-state index in [-0.39, 0.29) is 12.6 Å². The molecule has 0 heterocycles. The van der Waals surface area contributed by atoms with E-state index in [0.29, 0.717) is 23.7 Å². The summed E-state index contributed by atoms with van der Waals surface area (Å²) in [6.45, 7) is 6.42. The molecule has 0 saturated heterocycles. The van der Waals surface area contributed by atoms with Crippen molar-refractivity contribution in [3.8, 4) is 0 Å². The van der Waals surface area contributed by atoms with Gasteiger partial charge in [-0.2, -0.15) is 0 Å². The number of carbonyl (C=O) groups excluding carboxylic acids is 2. The molecule has 1 aromatic rings. The molecule has 1 rings (SSSR count). The summed E-state index contributed by atoms with van der Waals surface area (Å²) in [5.41, 5.74) is 0.838. The second-order valence-electron chi connectivity index (χ2n) is 4.74. The molecule has 1 aromatic carbocycles. The molecule has 0 aromatic heterocycles. The average Bonchev–Trinajstić information content (AvgIpc) is 2.45. The highest BCUT2D eigenvalue weighted by Crippen LogP contribution is 2.08. The summed E-state index contributed by atoms with van der Waals surface area (Å²) in [4.78, 5) is 23.3. The zero-order chi connectivity index (χ0) is 15.0. The van der Waals surface area contributed by atoms with E-state index in [1.807, 2.05) is 20.8 Å². The highest BCUT2D eigenvalue weighted by molar-refractivity contribution is 5.93. The van der Waals surface area contributed by atoms with Gasteiger partial charge in [0.1, 0.15) is 6.61 Å². The van der Waals surface area contributed by atoms with Gasteiger partial charge in [0.25, 0.3) is 0 Å². The molecule has 0 atom stereocenters. The molecule has 0 bridgehead atoms. The number of esters is 2. The lowest BCUT2D eigenvalue weighted by molar-refractivity contribution is 0.0457. The highest BCUT2D eigenvalue weighted by Gasteiger charge is 2.11. The average molecular weight is 276 g/mol. The first-order chi connectivity index (χ1) is 9.54. The van der Waals surface area contributed by atoms with Crippen molar-refractivity contribution >= 4 is 11.9 Å². The largest absolute Gasteiger partial charge is 0.462 e. The zero-order valence-electron chi connectivity index (χ0n) is 12.1. The first-order valence-corrected chi connectivity index (χ1v) is 6.60. The van der Waals surface area contributed by atoms with Crippen LogP contribution in [-0.4, -0.2) is 25.2 Å². The Labute approximate surface area is 119 Å². The predicted molar refractivity (Wildman–Crippen MR) is 76.7 cm³/mol. The third-order valence-corrected chi connectivity index (χ3v) is 2.45. The Morgan fingerprint density at radius 1 is 1.05 bits per heavy atom. The van der Waals surface area contributed by atoms with Crippen LogP contribution in [0.5, 0.6) is 0 Å². The number of benzene rings is 1. The fourth-order valence-electron chi connectivity index (χ4n) is 1.37. The number of allylic oxidation sites excluding steroid dienone is 1. The summed E-state index contributed by atoms with van der Waals surface area (Å²) in [6, 6.07) is 6.25. The molecule has 4 nitrogen and oxygen atoms in total. The summed E-state index contributed by atoms with van der Waals surface area (Å²) in [5, 5.41) is 0. The SMILES string of the molecule is C/C=C/COC(=O)c1ccc(C(=O)OCC(C)C)cc1. The maximum Gasteiger partial charge on any atom is 0.338 e. The Morgan fingerprint density at radius 2 is 1.55 bits per heavy atom. The normalized spacial score (nSPS) is 10.8.